The zero-order valence-corrected chi connectivity index (χ0v) is 11.3. The molecule has 0 spiro atoms. The number of carbonyl (C=O) groups excluding carboxylic acids is 1. The van der Waals surface area contributed by atoms with Gasteiger partial charge in [-0.1, -0.05) is 6.92 Å². The van der Waals surface area contributed by atoms with Crippen molar-refractivity contribution in [3.05, 3.63) is 29.1 Å². The third-order valence-corrected chi connectivity index (χ3v) is 3.59. The number of hydrogen-bond donors (Lipinski definition) is 1. The normalized spacial score (nSPS) is 19.5. The Morgan fingerprint density at radius 2 is 2.32 bits per heavy atom. The van der Waals surface area contributed by atoms with Gasteiger partial charge in [-0.3, -0.25) is 4.79 Å². The van der Waals surface area contributed by atoms with Gasteiger partial charge in [0.25, 0.3) is 5.91 Å². The van der Waals surface area contributed by atoms with Crippen molar-refractivity contribution in [2.24, 2.45) is 0 Å². The number of carbonyl (C=O) groups is 1. The molecule has 0 bridgehead atoms. The van der Waals surface area contributed by atoms with Gasteiger partial charge in [-0.2, -0.15) is 0 Å². The van der Waals surface area contributed by atoms with Crippen molar-refractivity contribution in [3.8, 4) is 0 Å². The summed E-state index contributed by atoms with van der Waals surface area (Å²) in [5, 5.41) is 0. The summed E-state index contributed by atoms with van der Waals surface area (Å²) in [6, 6.07) is 2.85. The molecule has 1 aliphatic rings. The molecule has 2 N–H and O–H groups in total. The van der Waals surface area contributed by atoms with Crippen molar-refractivity contribution in [1.29, 1.82) is 0 Å². The highest BCUT2D eigenvalue weighted by atomic mass is 19.1. The Hall–Kier alpha value is -1.62. The molecule has 0 aliphatic carbocycles. The summed E-state index contributed by atoms with van der Waals surface area (Å²) in [4.78, 5) is 14.2. The molecule has 1 aromatic carbocycles. The first-order chi connectivity index (χ1) is 9.04. The van der Waals surface area contributed by atoms with E-state index >= 15 is 0 Å². The Labute approximate surface area is 112 Å². The molecule has 104 valence electrons. The van der Waals surface area contributed by atoms with E-state index in [1.807, 2.05) is 6.92 Å². The van der Waals surface area contributed by atoms with E-state index in [1.54, 1.807) is 17.9 Å². The number of halogens is 1. The molecule has 2 rings (SSSR count). The second-order valence-electron chi connectivity index (χ2n) is 4.81. The molecule has 0 saturated carbocycles. The van der Waals surface area contributed by atoms with E-state index in [0.717, 1.165) is 6.42 Å². The zero-order chi connectivity index (χ0) is 14.0. The molecule has 1 aromatic rings. The van der Waals surface area contributed by atoms with Crippen LogP contribution in [0.3, 0.4) is 0 Å². The van der Waals surface area contributed by atoms with E-state index in [-0.39, 0.29) is 11.9 Å². The molecule has 1 unspecified atom stereocenters. The Bertz CT molecular complexity index is 467. The van der Waals surface area contributed by atoms with Gasteiger partial charge in [0.15, 0.2) is 0 Å². The van der Waals surface area contributed by atoms with Gasteiger partial charge in [0.1, 0.15) is 5.82 Å². The molecule has 1 aliphatic heterocycles. The van der Waals surface area contributed by atoms with Gasteiger partial charge in [0.2, 0.25) is 0 Å². The summed E-state index contributed by atoms with van der Waals surface area (Å²) in [5.74, 6) is -0.620. The number of rotatable bonds is 2. The monoisotopic (exact) mass is 266 g/mol. The lowest BCUT2D eigenvalue weighted by atomic mass is 10.1. The van der Waals surface area contributed by atoms with E-state index in [9.17, 15) is 9.18 Å². The first-order valence-electron chi connectivity index (χ1n) is 6.49. The van der Waals surface area contributed by atoms with Crippen LogP contribution in [0.1, 0.15) is 29.3 Å². The van der Waals surface area contributed by atoms with Crippen molar-refractivity contribution < 1.29 is 13.9 Å². The number of anilines is 1. The number of benzene rings is 1. The van der Waals surface area contributed by atoms with Gasteiger partial charge >= 0.3 is 0 Å². The second kappa shape index (κ2) is 5.57. The van der Waals surface area contributed by atoms with E-state index in [4.69, 9.17) is 10.5 Å². The van der Waals surface area contributed by atoms with Gasteiger partial charge in [-0.15, -0.1) is 0 Å². The minimum Gasteiger partial charge on any atom is -0.398 e. The summed E-state index contributed by atoms with van der Waals surface area (Å²) >= 11 is 0. The van der Waals surface area contributed by atoms with Gasteiger partial charge in [-0.05, 0) is 25.5 Å². The molecular weight excluding hydrogens is 247 g/mol. The van der Waals surface area contributed by atoms with Crippen molar-refractivity contribution >= 4 is 11.6 Å². The summed E-state index contributed by atoms with van der Waals surface area (Å²) in [7, 11) is 0. The lowest BCUT2D eigenvalue weighted by molar-refractivity contribution is -0.00281. The molecule has 1 atom stereocenters. The molecule has 19 heavy (non-hydrogen) atoms. The van der Waals surface area contributed by atoms with Gasteiger partial charge in [-0.25, -0.2) is 4.39 Å². The Kier molecular flexibility index (Phi) is 4.04. The van der Waals surface area contributed by atoms with Crippen molar-refractivity contribution in [2.75, 3.05) is 25.5 Å². The Balaban J connectivity index is 2.28. The van der Waals surface area contributed by atoms with Crippen LogP contribution in [0.15, 0.2) is 12.1 Å². The summed E-state index contributed by atoms with van der Waals surface area (Å²) in [6.07, 6.45) is 0.815. The molecule has 1 fully saturated rings. The fourth-order valence-corrected chi connectivity index (χ4v) is 2.25. The minimum atomic E-state index is -0.440. The third-order valence-electron chi connectivity index (χ3n) is 3.59. The quantitative estimate of drug-likeness (QED) is 0.833. The first-order valence-corrected chi connectivity index (χ1v) is 6.49. The topological polar surface area (TPSA) is 55.6 Å². The number of morpholine rings is 1. The number of hydrogen-bond acceptors (Lipinski definition) is 3. The van der Waals surface area contributed by atoms with Gasteiger partial charge in [0, 0.05) is 23.4 Å². The second-order valence-corrected chi connectivity index (χ2v) is 4.81. The summed E-state index contributed by atoms with van der Waals surface area (Å²) in [6.45, 7) is 5.19. The number of nitrogens with two attached hydrogens (primary N) is 1. The molecule has 0 aromatic heterocycles. The van der Waals surface area contributed by atoms with Gasteiger partial charge in [0.05, 0.1) is 19.3 Å². The van der Waals surface area contributed by atoms with Crippen LogP contribution in [0.25, 0.3) is 0 Å². The Morgan fingerprint density at radius 1 is 1.58 bits per heavy atom. The maximum Gasteiger partial charge on any atom is 0.254 e. The molecular formula is C14H19FN2O2. The van der Waals surface area contributed by atoms with Crippen molar-refractivity contribution in [2.45, 2.75) is 26.3 Å². The summed E-state index contributed by atoms with van der Waals surface area (Å²) < 4.78 is 19.0. The fraction of sp³-hybridized carbons (Fsp3) is 0.500. The fourth-order valence-electron chi connectivity index (χ4n) is 2.25. The van der Waals surface area contributed by atoms with Crippen LogP contribution >= 0.6 is 0 Å². The molecule has 1 saturated heterocycles. The zero-order valence-electron chi connectivity index (χ0n) is 11.3. The molecule has 1 amide bonds. The lowest BCUT2D eigenvalue weighted by Crippen LogP contribution is -2.48. The predicted molar refractivity (Wildman–Crippen MR) is 71.5 cm³/mol. The largest absolute Gasteiger partial charge is 0.398 e. The predicted octanol–water partition coefficient (Wildman–Crippen LogP) is 1.97. The minimum absolute atomic E-state index is 0.0480. The van der Waals surface area contributed by atoms with E-state index in [0.29, 0.717) is 36.6 Å². The number of nitrogens with zero attached hydrogens (tertiary/aromatic N) is 1. The molecule has 0 radical (unpaired) electrons. The number of ether oxygens (including phenoxy) is 1. The molecule has 5 heteroatoms. The van der Waals surface area contributed by atoms with Crippen LogP contribution in [0.5, 0.6) is 0 Å². The van der Waals surface area contributed by atoms with Crippen molar-refractivity contribution in [1.82, 2.24) is 4.90 Å². The summed E-state index contributed by atoms with van der Waals surface area (Å²) in [5.41, 5.74) is 6.72. The van der Waals surface area contributed by atoms with Crippen LogP contribution < -0.4 is 5.73 Å². The van der Waals surface area contributed by atoms with Crippen LogP contribution in [-0.2, 0) is 4.74 Å². The molecule has 1 heterocycles. The smallest absolute Gasteiger partial charge is 0.254 e. The Morgan fingerprint density at radius 3 is 2.95 bits per heavy atom. The van der Waals surface area contributed by atoms with Crippen LogP contribution in [0.2, 0.25) is 0 Å². The lowest BCUT2D eigenvalue weighted by Gasteiger charge is -2.35. The SMILES string of the molecule is CCC1COCCN1C(=O)c1cc(N)c(C)c(F)c1. The maximum absolute atomic E-state index is 13.7. The van der Waals surface area contributed by atoms with Crippen molar-refractivity contribution in [3.63, 3.8) is 0 Å². The average molecular weight is 266 g/mol. The number of nitrogen functional groups attached to an aromatic ring is 1. The van der Waals surface area contributed by atoms with Crippen LogP contribution in [0, 0.1) is 12.7 Å². The maximum atomic E-state index is 13.7. The standard InChI is InChI=1S/C14H19FN2O2/c1-3-11-8-19-5-4-17(11)14(18)10-6-12(15)9(2)13(16)7-10/h6-7,11H,3-5,8,16H2,1-2H3. The molecule has 4 nitrogen and oxygen atoms in total. The highest BCUT2D eigenvalue weighted by Crippen LogP contribution is 2.21. The van der Waals surface area contributed by atoms with E-state index in [2.05, 4.69) is 0 Å². The average Bonchev–Trinajstić information content (AvgIpc) is 2.43. The highest BCUT2D eigenvalue weighted by molar-refractivity contribution is 5.95. The highest BCUT2D eigenvalue weighted by Gasteiger charge is 2.27. The third kappa shape index (κ3) is 2.71. The number of amides is 1. The van der Waals surface area contributed by atoms with Gasteiger partial charge < -0.3 is 15.4 Å². The van der Waals surface area contributed by atoms with Crippen LogP contribution in [-0.4, -0.2) is 36.6 Å². The van der Waals surface area contributed by atoms with E-state index < -0.39 is 5.82 Å². The first kappa shape index (κ1) is 13.8. The van der Waals surface area contributed by atoms with Crippen LogP contribution in [0.4, 0.5) is 10.1 Å². The van der Waals surface area contributed by atoms with E-state index in [1.165, 1.54) is 6.07 Å².